The topological polar surface area (TPSA) is 12.0 Å². The summed E-state index contributed by atoms with van der Waals surface area (Å²) in [6.45, 7) is 5.13. The molecule has 0 spiro atoms. The molecule has 2 atom stereocenters. The van der Waals surface area contributed by atoms with Crippen molar-refractivity contribution in [3.8, 4) is 0 Å². The monoisotopic (exact) mass is 251 g/mol. The van der Waals surface area contributed by atoms with Crippen LogP contribution in [0.2, 0.25) is 0 Å². The van der Waals surface area contributed by atoms with Gasteiger partial charge in [-0.15, -0.1) is 0 Å². The predicted molar refractivity (Wildman–Crippen MR) is 63.9 cm³/mol. The highest BCUT2D eigenvalue weighted by atomic mass is 19.4. The SMILES string of the molecule is CCC(CC)CNC1CCCC(C(F)(F)F)C1. The molecule has 0 saturated heterocycles. The van der Waals surface area contributed by atoms with Gasteiger partial charge in [0.05, 0.1) is 5.92 Å². The Morgan fingerprint density at radius 2 is 1.82 bits per heavy atom. The van der Waals surface area contributed by atoms with Crippen molar-refractivity contribution in [2.45, 2.75) is 64.6 Å². The number of nitrogens with one attached hydrogen (secondary N) is 1. The van der Waals surface area contributed by atoms with Crippen molar-refractivity contribution in [3.63, 3.8) is 0 Å². The number of hydrogen-bond donors (Lipinski definition) is 1. The first-order valence-electron chi connectivity index (χ1n) is 6.77. The molecular formula is C13H24F3N. The molecule has 1 rings (SSSR count). The summed E-state index contributed by atoms with van der Waals surface area (Å²) >= 11 is 0. The van der Waals surface area contributed by atoms with E-state index in [1.54, 1.807) is 0 Å². The van der Waals surface area contributed by atoms with Crippen molar-refractivity contribution in [1.82, 2.24) is 5.32 Å². The van der Waals surface area contributed by atoms with Crippen molar-refractivity contribution >= 4 is 0 Å². The Morgan fingerprint density at radius 3 is 2.35 bits per heavy atom. The largest absolute Gasteiger partial charge is 0.391 e. The molecule has 0 aromatic rings. The maximum Gasteiger partial charge on any atom is 0.391 e. The highest BCUT2D eigenvalue weighted by Gasteiger charge is 2.41. The van der Waals surface area contributed by atoms with Gasteiger partial charge in [-0.25, -0.2) is 0 Å². The third-order valence-corrected chi connectivity index (χ3v) is 3.99. The van der Waals surface area contributed by atoms with Gasteiger partial charge in [-0.3, -0.25) is 0 Å². The van der Waals surface area contributed by atoms with Crippen molar-refractivity contribution in [3.05, 3.63) is 0 Å². The molecule has 1 N–H and O–H groups in total. The van der Waals surface area contributed by atoms with Crippen LogP contribution in [0, 0.1) is 11.8 Å². The second kappa shape index (κ2) is 6.62. The number of halogens is 3. The minimum atomic E-state index is -4.00. The molecule has 0 amide bonds. The zero-order valence-electron chi connectivity index (χ0n) is 10.8. The second-order valence-electron chi connectivity index (χ2n) is 5.19. The zero-order chi connectivity index (χ0) is 12.9. The summed E-state index contributed by atoms with van der Waals surface area (Å²) < 4.78 is 37.9. The van der Waals surface area contributed by atoms with Crippen LogP contribution in [0.1, 0.15) is 52.4 Å². The fourth-order valence-electron chi connectivity index (χ4n) is 2.58. The van der Waals surface area contributed by atoms with E-state index in [1.807, 2.05) is 0 Å². The van der Waals surface area contributed by atoms with Crippen LogP contribution in [0.5, 0.6) is 0 Å². The Labute approximate surface area is 102 Å². The lowest BCUT2D eigenvalue weighted by Crippen LogP contribution is -2.40. The van der Waals surface area contributed by atoms with Crippen molar-refractivity contribution < 1.29 is 13.2 Å². The molecule has 1 saturated carbocycles. The van der Waals surface area contributed by atoms with Crippen LogP contribution in [0.4, 0.5) is 13.2 Å². The van der Waals surface area contributed by atoms with E-state index >= 15 is 0 Å². The fraction of sp³-hybridized carbons (Fsp3) is 1.00. The molecule has 0 aromatic carbocycles. The molecule has 1 fully saturated rings. The first-order valence-corrected chi connectivity index (χ1v) is 6.77. The standard InChI is InChI=1S/C13H24F3N/c1-3-10(4-2)9-17-12-7-5-6-11(8-12)13(14,15)16/h10-12,17H,3-9H2,1-2H3. The average molecular weight is 251 g/mol. The second-order valence-corrected chi connectivity index (χ2v) is 5.19. The minimum Gasteiger partial charge on any atom is -0.314 e. The van der Waals surface area contributed by atoms with Gasteiger partial charge < -0.3 is 5.32 Å². The molecule has 1 aliphatic carbocycles. The molecule has 102 valence electrons. The number of alkyl halides is 3. The van der Waals surface area contributed by atoms with Gasteiger partial charge in [0.2, 0.25) is 0 Å². The lowest BCUT2D eigenvalue weighted by molar-refractivity contribution is -0.183. The van der Waals surface area contributed by atoms with Crippen LogP contribution in [-0.2, 0) is 0 Å². The van der Waals surface area contributed by atoms with Crippen LogP contribution >= 0.6 is 0 Å². The Balaban J connectivity index is 2.34. The molecule has 0 bridgehead atoms. The van der Waals surface area contributed by atoms with E-state index in [0.29, 0.717) is 18.8 Å². The van der Waals surface area contributed by atoms with Gasteiger partial charge in [0.25, 0.3) is 0 Å². The predicted octanol–water partition coefficient (Wildman–Crippen LogP) is 4.13. The smallest absolute Gasteiger partial charge is 0.314 e. The van der Waals surface area contributed by atoms with Gasteiger partial charge in [-0.05, 0) is 31.7 Å². The van der Waals surface area contributed by atoms with E-state index in [-0.39, 0.29) is 12.5 Å². The molecular weight excluding hydrogens is 227 g/mol. The Morgan fingerprint density at radius 1 is 1.18 bits per heavy atom. The summed E-state index contributed by atoms with van der Waals surface area (Å²) in [6, 6.07) is 0.0657. The van der Waals surface area contributed by atoms with Gasteiger partial charge in [-0.2, -0.15) is 13.2 Å². The first-order chi connectivity index (χ1) is 7.97. The summed E-state index contributed by atoms with van der Waals surface area (Å²) in [4.78, 5) is 0. The lowest BCUT2D eigenvalue weighted by atomic mass is 9.85. The summed E-state index contributed by atoms with van der Waals surface area (Å²) in [7, 11) is 0. The fourth-order valence-corrected chi connectivity index (χ4v) is 2.58. The number of hydrogen-bond acceptors (Lipinski definition) is 1. The molecule has 0 heterocycles. The van der Waals surface area contributed by atoms with Crippen LogP contribution in [0.3, 0.4) is 0 Å². The average Bonchev–Trinajstić information content (AvgIpc) is 2.30. The molecule has 17 heavy (non-hydrogen) atoms. The molecule has 0 aromatic heterocycles. The van der Waals surface area contributed by atoms with Gasteiger partial charge in [0.15, 0.2) is 0 Å². The third-order valence-electron chi connectivity index (χ3n) is 3.99. The van der Waals surface area contributed by atoms with Crippen molar-refractivity contribution in [2.75, 3.05) is 6.54 Å². The van der Waals surface area contributed by atoms with Gasteiger partial charge >= 0.3 is 6.18 Å². The molecule has 0 aliphatic heterocycles. The summed E-state index contributed by atoms with van der Waals surface area (Å²) in [6.07, 6.45) is 0.362. The molecule has 1 nitrogen and oxygen atoms in total. The Hall–Kier alpha value is -0.250. The summed E-state index contributed by atoms with van der Waals surface area (Å²) in [5.41, 5.74) is 0. The van der Waals surface area contributed by atoms with Gasteiger partial charge in [-0.1, -0.05) is 33.1 Å². The maximum atomic E-state index is 12.6. The molecule has 4 heteroatoms. The van der Waals surface area contributed by atoms with Crippen LogP contribution < -0.4 is 5.32 Å². The quantitative estimate of drug-likeness (QED) is 0.774. The molecule has 0 radical (unpaired) electrons. The Kier molecular flexibility index (Phi) is 5.77. The van der Waals surface area contributed by atoms with Crippen LogP contribution in [0.15, 0.2) is 0 Å². The molecule has 2 unspecified atom stereocenters. The van der Waals surface area contributed by atoms with Crippen LogP contribution in [0.25, 0.3) is 0 Å². The van der Waals surface area contributed by atoms with Crippen molar-refractivity contribution in [1.29, 1.82) is 0 Å². The van der Waals surface area contributed by atoms with Crippen molar-refractivity contribution in [2.24, 2.45) is 11.8 Å². The van der Waals surface area contributed by atoms with Gasteiger partial charge in [0, 0.05) is 6.04 Å². The van der Waals surface area contributed by atoms with Gasteiger partial charge in [0.1, 0.15) is 0 Å². The van der Waals surface area contributed by atoms with E-state index < -0.39 is 12.1 Å². The van der Waals surface area contributed by atoms with E-state index in [9.17, 15) is 13.2 Å². The van der Waals surface area contributed by atoms with E-state index in [2.05, 4.69) is 19.2 Å². The molecule has 1 aliphatic rings. The zero-order valence-corrected chi connectivity index (χ0v) is 10.8. The minimum absolute atomic E-state index is 0.0657. The Bertz CT molecular complexity index is 211. The highest BCUT2D eigenvalue weighted by molar-refractivity contribution is 4.82. The normalized spacial score (nSPS) is 26.5. The lowest BCUT2D eigenvalue weighted by Gasteiger charge is -2.32. The van der Waals surface area contributed by atoms with E-state index in [4.69, 9.17) is 0 Å². The highest BCUT2D eigenvalue weighted by Crippen LogP contribution is 2.37. The van der Waals surface area contributed by atoms with Crippen LogP contribution in [-0.4, -0.2) is 18.8 Å². The third kappa shape index (κ3) is 4.86. The maximum absolute atomic E-state index is 12.6. The first kappa shape index (κ1) is 14.8. The summed E-state index contributed by atoms with van der Waals surface area (Å²) in [5.74, 6) is -0.489. The van der Waals surface area contributed by atoms with E-state index in [0.717, 1.165) is 25.8 Å². The summed E-state index contributed by atoms with van der Waals surface area (Å²) in [5, 5.41) is 3.33. The van der Waals surface area contributed by atoms with E-state index in [1.165, 1.54) is 0 Å². The number of rotatable bonds is 5.